The molecular formula is C29H31ClIN5O4S3. The quantitative estimate of drug-likeness (QED) is 0.0822. The van der Waals surface area contributed by atoms with Gasteiger partial charge in [0, 0.05) is 60.7 Å². The third-order valence-corrected chi connectivity index (χ3v) is 10.2. The minimum atomic E-state index is -0.752. The molecule has 2 aromatic carbocycles. The normalized spacial score (nSPS) is 14.0. The predicted molar refractivity (Wildman–Crippen MR) is 186 cm³/mol. The molecule has 2 N–H and O–H groups in total. The molecule has 1 aliphatic rings. The average molecular weight is 772 g/mol. The van der Waals surface area contributed by atoms with E-state index in [4.69, 9.17) is 11.6 Å². The number of benzene rings is 2. The summed E-state index contributed by atoms with van der Waals surface area (Å²) in [5.41, 5.74) is 2.32. The number of halogens is 2. The van der Waals surface area contributed by atoms with Crippen molar-refractivity contribution < 1.29 is 19.5 Å². The van der Waals surface area contributed by atoms with Crippen LogP contribution in [0.4, 0.5) is 5.69 Å². The number of hydrogen-bond acceptors (Lipinski definition) is 8. The van der Waals surface area contributed by atoms with Crippen molar-refractivity contribution >= 4 is 103 Å². The first-order chi connectivity index (χ1) is 20.3. The molecular weight excluding hydrogens is 741 g/mol. The van der Waals surface area contributed by atoms with Crippen LogP contribution in [0.3, 0.4) is 0 Å². The molecule has 43 heavy (non-hydrogen) atoms. The molecule has 14 heteroatoms. The van der Waals surface area contributed by atoms with Gasteiger partial charge in [0.15, 0.2) is 0 Å². The average Bonchev–Trinajstić information content (AvgIpc) is 3.73. The lowest BCUT2D eigenvalue weighted by Crippen LogP contribution is -2.43. The van der Waals surface area contributed by atoms with E-state index in [1.807, 2.05) is 17.5 Å². The highest BCUT2D eigenvalue weighted by Gasteiger charge is 2.36. The maximum Gasteiger partial charge on any atom is 0.316 e. The summed E-state index contributed by atoms with van der Waals surface area (Å²) in [5.74, 6) is -0.706. The van der Waals surface area contributed by atoms with Crippen LogP contribution >= 0.6 is 58.3 Å². The molecule has 9 nitrogen and oxygen atoms in total. The lowest BCUT2D eigenvalue weighted by Gasteiger charge is -2.20. The molecule has 4 aromatic rings. The number of nitrogens with one attached hydrogen (secondary N) is 2. The summed E-state index contributed by atoms with van der Waals surface area (Å²) in [7, 11) is 0.354. The Morgan fingerprint density at radius 2 is 1.86 bits per heavy atom. The standard InChI is InChI=1S/C29H30ClN5O4S3.HI/c1-42(2)11-5-9-31-26(37)20-15-41-28(34-20)21-16-40-24(33-21)8-10-32-27(38)29(39)35-14-17(13-30)25-19-7-4-3-6-18(19)23(36)12-22(25)35;/h3-4,6-7,12,15-17H,5,8-11,13-14H2,1-2H3,(H2-,31,32,36,37,38);1H. The Balaban J connectivity index is 0.00000423. The fourth-order valence-corrected chi connectivity index (χ4v) is 7.48. The number of amides is 3. The molecule has 1 unspecified atom stereocenters. The van der Waals surface area contributed by atoms with Crippen molar-refractivity contribution in [2.24, 2.45) is 0 Å². The molecule has 0 fully saturated rings. The van der Waals surface area contributed by atoms with Gasteiger partial charge in [0.2, 0.25) is 0 Å². The lowest BCUT2D eigenvalue weighted by molar-refractivity contribution is -0.265. The van der Waals surface area contributed by atoms with Crippen LogP contribution in [-0.2, 0) is 26.9 Å². The van der Waals surface area contributed by atoms with Crippen LogP contribution < -0.4 is 20.6 Å². The van der Waals surface area contributed by atoms with Crippen molar-refractivity contribution in [1.82, 2.24) is 20.6 Å². The molecule has 3 amide bonds. The van der Waals surface area contributed by atoms with Crippen LogP contribution in [0.5, 0.6) is 5.75 Å². The molecule has 0 spiro atoms. The zero-order valence-electron chi connectivity index (χ0n) is 23.6. The van der Waals surface area contributed by atoms with E-state index in [0.29, 0.717) is 51.3 Å². The van der Waals surface area contributed by atoms with Gasteiger partial charge in [-0.25, -0.2) is 9.97 Å². The summed E-state index contributed by atoms with van der Waals surface area (Å²) in [6.07, 6.45) is 5.73. The number of carbonyl (C=O) groups is 3. The van der Waals surface area contributed by atoms with Crippen molar-refractivity contribution in [2.45, 2.75) is 18.8 Å². The summed E-state index contributed by atoms with van der Waals surface area (Å²) in [6, 6.07) is 8.67. The van der Waals surface area contributed by atoms with Crippen LogP contribution in [0.2, 0.25) is 0 Å². The van der Waals surface area contributed by atoms with Crippen molar-refractivity contribution in [3.63, 3.8) is 0 Å². The van der Waals surface area contributed by atoms with E-state index in [2.05, 4.69) is 33.1 Å². The third kappa shape index (κ3) is 7.62. The topological polar surface area (TPSA) is 127 Å². The number of hydrogen-bond donors (Lipinski definition) is 2. The van der Waals surface area contributed by atoms with Crippen molar-refractivity contribution in [3.05, 3.63) is 57.4 Å². The highest BCUT2D eigenvalue weighted by Crippen LogP contribution is 2.44. The Morgan fingerprint density at radius 1 is 1.09 bits per heavy atom. The smallest absolute Gasteiger partial charge is 0.316 e. The molecule has 0 saturated carbocycles. The van der Waals surface area contributed by atoms with Gasteiger partial charge >= 0.3 is 11.8 Å². The van der Waals surface area contributed by atoms with Crippen LogP contribution in [0.25, 0.3) is 21.5 Å². The second-order valence-corrected chi connectivity index (χ2v) is 14.6. The van der Waals surface area contributed by atoms with Gasteiger partial charge in [0.25, 0.3) is 5.91 Å². The minimum Gasteiger partial charge on any atom is -0.872 e. The first kappa shape index (κ1) is 33.4. The SMILES string of the molecule is C[S+](C)CCCNC(=O)c1csc(-c2csc(CCNC(=O)C(=O)N3CC(CCl)c4c3cc([O-])c3ccccc43)n2)n1.I. The number of anilines is 1. The maximum atomic E-state index is 13.1. The van der Waals surface area contributed by atoms with Crippen LogP contribution in [0.1, 0.15) is 33.4 Å². The van der Waals surface area contributed by atoms with Gasteiger partial charge in [0.05, 0.1) is 17.5 Å². The first-order valence-corrected chi connectivity index (χ1v) is 17.9. The fraction of sp³-hybridized carbons (Fsp3) is 0.345. The number of aromatic nitrogens is 2. The van der Waals surface area contributed by atoms with Gasteiger partial charge in [0.1, 0.15) is 22.1 Å². The van der Waals surface area contributed by atoms with Gasteiger partial charge in [-0.1, -0.05) is 30.0 Å². The second kappa shape index (κ2) is 15.0. The molecule has 1 aliphatic heterocycles. The molecule has 2 aromatic heterocycles. The Kier molecular flexibility index (Phi) is 11.7. The van der Waals surface area contributed by atoms with E-state index in [0.717, 1.165) is 28.1 Å². The summed E-state index contributed by atoms with van der Waals surface area (Å²) >= 11 is 9.01. The van der Waals surface area contributed by atoms with Crippen LogP contribution in [0, 0.1) is 0 Å². The molecule has 0 radical (unpaired) electrons. The van der Waals surface area contributed by atoms with Gasteiger partial charge in [-0.2, -0.15) is 0 Å². The van der Waals surface area contributed by atoms with Crippen molar-refractivity contribution in [1.29, 1.82) is 0 Å². The van der Waals surface area contributed by atoms with Gasteiger partial charge in [-0.15, -0.1) is 58.3 Å². The summed E-state index contributed by atoms with van der Waals surface area (Å²) in [4.78, 5) is 48.7. The van der Waals surface area contributed by atoms with E-state index in [1.54, 1.807) is 17.5 Å². The van der Waals surface area contributed by atoms with Gasteiger partial charge < -0.3 is 20.6 Å². The molecule has 5 rings (SSSR count). The molecule has 0 bridgehead atoms. The minimum absolute atomic E-state index is 0. The number of nitrogens with zero attached hydrogens (tertiary/aromatic N) is 3. The van der Waals surface area contributed by atoms with Crippen LogP contribution in [-0.4, -0.2) is 71.5 Å². The van der Waals surface area contributed by atoms with E-state index >= 15 is 0 Å². The Morgan fingerprint density at radius 3 is 2.60 bits per heavy atom. The van der Waals surface area contributed by atoms with E-state index in [-0.39, 0.29) is 60.5 Å². The number of thiazole rings is 2. The monoisotopic (exact) mass is 771 g/mol. The summed E-state index contributed by atoms with van der Waals surface area (Å²) in [6.45, 7) is 1.07. The first-order valence-electron chi connectivity index (χ1n) is 13.4. The number of rotatable bonds is 10. The molecule has 0 saturated heterocycles. The zero-order chi connectivity index (χ0) is 29.8. The number of fused-ring (bicyclic) bond motifs is 3. The highest BCUT2D eigenvalue weighted by molar-refractivity contribution is 14.0. The van der Waals surface area contributed by atoms with Crippen LogP contribution in [0.15, 0.2) is 41.1 Å². The van der Waals surface area contributed by atoms with Gasteiger partial charge in [-0.05, 0) is 33.3 Å². The zero-order valence-corrected chi connectivity index (χ0v) is 29.1. The number of alkyl halides is 1. The third-order valence-electron chi connectivity index (χ3n) is 6.90. The molecule has 0 aliphatic carbocycles. The lowest BCUT2D eigenvalue weighted by atomic mass is 9.95. The number of carbonyl (C=O) groups excluding carboxylic acids is 3. The Bertz CT molecular complexity index is 1630. The van der Waals surface area contributed by atoms with E-state index in [9.17, 15) is 19.5 Å². The molecule has 1 atom stereocenters. The largest absolute Gasteiger partial charge is 0.872 e. The summed E-state index contributed by atoms with van der Waals surface area (Å²) < 4.78 is 0. The Hall–Kier alpha value is -2.46. The fourth-order valence-electron chi connectivity index (χ4n) is 4.89. The second-order valence-electron chi connectivity index (χ2n) is 10.1. The van der Waals surface area contributed by atoms with Crippen molar-refractivity contribution in [3.8, 4) is 16.5 Å². The molecule has 228 valence electrons. The molecule has 3 heterocycles. The van der Waals surface area contributed by atoms with Gasteiger partial charge in [-0.3, -0.25) is 14.4 Å². The van der Waals surface area contributed by atoms with E-state index in [1.165, 1.54) is 33.6 Å². The summed E-state index contributed by atoms with van der Waals surface area (Å²) in [5, 5.41) is 24.6. The Labute approximate surface area is 282 Å². The highest BCUT2D eigenvalue weighted by atomic mass is 127. The predicted octanol–water partition coefficient (Wildman–Crippen LogP) is 4.14. The van der Waals surface area contributed by atoms with E-state index < -0.39 is 11.8 Å². The van der Waals surface area contributed by atoms with Crippen molar-refractivity contribution in [2.75, 3.05) is 48.7 Å². The maximum absolute atomic E-state index is 13.1.